The number of amidine groups is 1. The van der Waals surface area contributed by atoms with Crippen LogP contribution in [0.25, 0.3) is 6.08 Å². The minimum atomic E-state index is -0.168. The lowest BCUT2D eigenvalue weighted by atomic mass is 10.1. The van der Waals surface area contributed by atoms with Gasteiger partial charge in [0.2, 0.25) is 6.79 Å². The van der Waals surface area contributed by atoms with Gasteiger partial charge < -0.3 is 9.47 Å². The largest absolute Gasteiger partial charge is 0.454 e. The number of halogens is 1. The molecule has 2 aromatic carbocycles. The van der Waals surface area contributed by atoms with E-state index in [1.807, 2.05) is 55.5 Å². The molecule has 0 unspecified atom stereocenters. The molecule has 0 aliphatic carbocycles. The highest BCUT2D eigenvalue weighted by Crippen LogP contribution is 2.34. The number of aliphatic imine (C=N–C) groups is 1. The molecule has 2 aromatic rings. The molecule has 142 valence electrons. The first kappa shape index (κ1) is 18.7. The average Bonchev–Trinajstić information content (AvgIpc) is 3.28. The summed E-state index contributed by atoms with van der Waals surface area (Å²) in [5.41, 5.74) is 4.57. The van der Waals surface area contributed by atoms with Gasteiger partial charge in [0.05, 0.1) is 5.69 Å². The third-order valence-electron chi connectivity index (χ3n) is 4.22. The van der Waals surface area contributed by atoms with E-state index >= 15 is 0 Å². The maximum absolute atomic E-state index is 13.1. The van der Waals surface area contributed by atoms with E-state index in [1.54, 1.807) is 11.0 Å². The van der Waals surface area contributed by atoms with Gasteiger partial charge >= 0.3 is 0 Å². The third kappa shape index (κ3) is 3.79. The maximum atomic E-state index is 13.1. The number of carbonyl (C=O) groups is 1. The molecule has 0 radical (unpaired) electrons. The van der Waals surface area contributed by atoms with E-state index < -0.39 is 0 Å². The number of benzene rings is 2. The molecule has 0 saturated carbocycles. The van der Waals surface area contributed by atoms with E-state index in [4.69, 9.17) is 21.1 Å². The second-order valence-electron chi connectivity index (χ2n) is 6.19. The minimum Gasteiger partial charge on any atom is -0.454 e. The van der Waals surface area contributed by atoms with Crippen molar-refractivity contribution in [2.75, 3.05) is 17.4 Å². The fourth-order valence-corrected chi connectivity index (χ4v) is 3.85. The second-order valence-corrected chi connectivity index (χ2v) is 7.42. The van der Waals surface area contributed by atoms with Gasteiger partial charge in [0.25, 0.3) is 5.91 Å². The molecule has 5 nitrogen and oxygen atoms in total. The van der Waals surface area contributed by atoms with Crippen molar-refractivity contribution in [3.05, 3.63) is 70.9 Å². The van der Waals surface area contributed by atoms with Crippen molar-refractivity contribution < 1.29 is 14.3 Å². The summed E-state index contributed by atoms with van der Waals surface area (Å²) in [6.45, 7) is 2.22. The fourth-order valence-electron chi connectivity index (χ4n) is 2.83. The Morgan fingerprint density at radius 3 is 2.75 bits per heavy atom. The first-order valence-corrected chi connectivity index (χ1v) is 10.1. The lowest BCUT2D eigenvalue weighted by Gasteiger charge is -2.17. The van der Waals surface area contributed by atoms with Crippen LogP contribution in [-0.4, -0.2) is 23.6 Å². The van der Waals surface area contributed by atoms with Gasteiger partial charge in [-0.3, -0.25) is 9.69 Å². The molecule has 2 heterocycles. The number of hydrogen-bond acceptors (Lipinski definition) is 5. The molecule has 0 atom stereocenters. The molecule has 0 aromatic heterocycles. The Hall–Kier alpha value is -2.70. The topological polar surface area (TPSA) is 51.1 Å². The Morgan fingerprint density at radius 1 is 1.18 bits per heavy atom. The van der Waals surface area contributed by atoms with E-state index in [2.05, 4.69) is 4.99 Å². The quantitative estimate of drug-likeness (QED) is 0.666. The molecule has 0 spiro atoms. The maximum Gasteiger partial charge on any atom is 0.283 e. The van der Waals surface area contributed by atoms with Gasteiger partial charge in [-0.1, -0.05) is 53.2 Å². The van der Waals surface area contributed by atoms with Crippen LogP contribution in [0.3, 0.4) is 0 Å². The van der Waals surface area contributed by atoms with Gasteiger partial charge in [-0.2, -0.15) is 0 Å². The van der Waals surface area contributed by atoms with E-state index in [9.17, 15) is 4.79 Å². The van der Waals surface area contributed by atoms with E-state index in [0.29, 0.717) is 28.1 Å². The molecular weight excluding hydrogens is 396 g/mol. The van der Waals surface area contributed by atoms with Gasteiger partial charge in [0.1, 0.15) is 5.70 Å². The number of thioether (sulfide) groups is 1. The number of nitrogens with zero attached hydrogens (tertiary/aromatic N) is 2. The molecule has 2 aliphatic rings. The van der Waals surface area contributed by atoms with Crippen molar-refractivity contribution >= 4 is 46.2 Å². The van der Waals surface area contributed by atoms with Gasteiger partial charge in [0.15, 0.2) is 16.7 Å². The van der Waals surface area contributed by atoms with Crippen LogP contribution in [0.15, 0.2) is 64.8 Å². The molecule has 0 bridgehead atoms. The van der Waals surface area contributed by atoms with Crippen LogP contribution in [0, 0.1) is 6.92 Å². The lowest BCUT2D eigenvalue weighted by molar-refractivity contribution is -0.113. The number of anilines is 1. The molecule has 1 amide bonds. The highest BCUT2D eigenvalue weighted by Gasteiger charge is 2.31. The van der Waals surface area contributed by atoms with Crippen molar-refractivity contribution in [2.24, 2.45) is 4.99 Å². The number of hydrogen-bond donors (Lipinski definition) is 0. The summed E-state index contributed by atoms with van der Waals surface area (Å²) in [5.74, 6) is 1.82. The molecule has 28 heavy (non-hydrogen) atoms. The summed E-state index contributed by atoms with van der Waals surface area (Å²) in [6, 6.07) is 13.3. The SMILES string of the molecule is Cc1ccc(N2C(=O)/C(=C\c3ccc4c(c3)OCO4)N=C2SC/C=C/Cl)cc1. The van der Waals surface area contributed by atoms with E-state index in [0.717, 1.165) is 16.8 Å². The summed E-state index contributed by atoms with van der Waals surface area (Å²) < 4.78 is 10.7. The van der Waals surface area contributed by atoms with Crippen LogP contribution in [0.1, 0.15) is 11.1 Å². The predicted octanol–water partition coefficient (Wildman–Crippen LogP) is 4.95. The van der Waals surface area contributed by atoms with Crippen LogP contribution in [0.5, 0.6) is 11.5 Å². The normalized spacial score (nSPS) is 17.1. The summed E-state index contributed by atoms with van der Waals surface area (Å²) in [7, 11) is 0. The minimum absolute atomic E-state index is 0.168. The van der Waals surface area contributed by atoms with Gasteiger partial charge in [-0.15, -0.1) is 0 Å². The Kier molecular flexibility index (Phi) is 5.41. The smallest absolute Gasteiger partial charge is 0.283 e. The van der Waals surface area contributed by atoms with Crippen LogP contribution in [0.4, 0.5) is 5.69 Å². The van der Waals surface area contributed by atoms with Crippen molar-refractivity contribution in [1.29, 1.82) is 0 Å². The molecular formula is C21H17ClN2O3S. The zero-order chi connectivity index (χ0) is 19.5. The van der Waals surface area contributed by atoms with E-state index in [1.165, 1.54) is 17.3 Å². The average molecular weight is 413 g/mol. The number of carbonyl (C=O) groups excluding carboxylic acids is 1. The summed E-state index contributed by atoms with van der Waals surface area (Å²) in [4.78, 5) is 19.3. The van der Waals surface area contributed by atoms with Crippen molar-refractivity contribution in [3.8, 4) is 11.5 Å². The van der Waals surface area contributed by atoms with Crippen molar-refractivity contribution in [3.63, 3.8) is 0 Å². The van der Waals surface area contributed by atoms with Crippen molar-refractivity contribution in [2.45, 2.75) is 6.92 Å². The number of ether oxygens (including phenoxy) is 2. The molecule has 7 heteroatoms. The summed E-state index contributed by atoms with van der Waals surface area (Å²) in [5, 5.41) is 0.621. The zero-order valence-corrected chi connectivity index (χ0v) is 16.7. The highest BCUT2D eigenvalue weighted by atomic mass is 35.5. The first-order chi connectivity index (χ1) is 13.7. The summed E-state index contributed by atoms with van der Waals surface area (Å²) >= 11 is 7.07. The van der Waals surface area contributed by atoms with Crippen LogP contribution < -0.4 is 14.4 Å². The number of amides is 1. The van der Waals surface area contributed by atoms with Crippen molar-refractivity contribution in [1.82, 2.24) is 0 Å². The monoisotopic (exact) mass is 412 g/mol. The molecule has 4 rings (SSSR count). The Labute approximate surface area is 172 Å². The van der Waals surface area contributed by atoms with Crippen LogP contribution >= 0.6 is 23.4 Å². The van der Waals surface area contributed by atoms with Crippen LogP contribution in [0.2, 0.25) is 0 Å². The standard InChI is InChI=1S/C21H17ClN2O3S/c1-14-3-6-16(7-4-14)24-20(25)17(23-21(24)28-10-2-9-22)11-15-5-8-18-19(12-15)27-13-26-18/h2-9,11-12H,10,13H2,1H3/b9-2+,17-11+. The molecule has 2 aliphatic heterocycles. The summed E-state index contributed by atoms with van der Waals surface area (Å²) in [6.07, 6.45) is 3.57. The second kappa shape index (κ2) is 8.12. The predicted molar refractivity (Wildman–Crippen MR) is 114 cm³/mol. The van der Waals surface area contributed by atoms with Gasteiger partial charge in [-0.25, -0.2) is 4.99 Å². The Morgan fingerprint density at radius 2 is 1.96 bits per heavy atom. The van der Waals surface area contributed by atoms with Crippen LogP contribution in [-0.2, 0) is 4.79 Å². The molecule has 0 fully saturated rings. The number of fused-ring (bicyclic) bond motifs is 1. The Bertz CT molecular complexity index is 999. The Balaban J connectivity index is 1.67. The third-order valence-corrected chi connectivity index (χ3v) is 5.29. The van der Waals surface area contributed by atoms with Gasteiger partial charge in [-0.05, 0) is 42.8 Å². The van der Waals surface area contributed by atoms with Gasteiger partial charge in [0, 0.05) is 11.3 Å². The number of rotatable bonds is 4. The number of aryl methyl sites for hydroxylation is 1. The highest BCUT2D eigenvalue weighted by molar-refractivity contribution is 8.14. The first-order valence-electron chi connectivity index (χ1n) is 8.65. The zero-order valence-electron chi connectivity index (χ0n) is 15.1. The molecule has 0 saturated heterocycles. The lowest BCUT2D eigenvalue weighted by Crippen LogP contribution is -2.30. The van der Waals surface area contributed by atoms with E-state index in [-0.39, 0.29) is 12.7 Å². The molecule has 0 N–H and O–H groups in total. The fraction of sp³-hybridized carbons (Fsp3) is 0.143.